The molecule has 6 rings (SSSR count). The third kappa shape index (κ3) is 11.4. The quantitative estimate of drug-likeness (QED) is 0.270. The van der Waals surface area contributed by atoms with Crippen LogP contribution in [0.4, 0.5) is 22.9 Å². The number of benzene rings is 3. The smallest absolute Gasteiger partial charge is 0.423 e. The Bertz CT molecular complexity index is 1400. The molecule has 0 radical (unpaired) electrons. The molecule has 46 heavy (non-hydrogen) atoms. The van der Waals surface area contributed by atoms with Crippen molar-refractivity contribution in [2.24, 2.45) is 0 Å². The van der Waals surface area contributed by atoms with Gasteiger partial charge in [-0.3, -0.25) is 0 Å². The van der Waals surface area contributed by atoms with Gasteiger partial charge in [-0.2, -0.15) is 10.5 Å². The number of hydrogen-bond acceptors (Lipinski definition) is 9. The van der Waals surface area contributed by atoms with Crippen molar-refractivity contribution in [1.82, 2.24) is 4.98 Å². The van der Waals surface area contributed by atoms with E-state index in [4.69, 9.17) is 19.8 Å². The lowest BCUT2D eigenvalue weighted by Gasteiger charge is -2.20. The van der Waals surface area contributed by atoms with Crippen LogP contribution in [0, 0.1) is 22.7 Å². The monoisotopic (exact) mass is 621 g/mol. The summed E-state index contributed by atoms with van der Waals surface area (Å²) in [6.07, 6.45) is 1.77. The lowest BCUT2D eigenvalue weighted by molar-refractivity contribution is 0.275. The molecule has 0 unspecified atom stereocenters. The van der Waals surface area contributed by atoms with Crippen LogP contribution in [0.15, 0.2) is 91.1 Å². The second kappa shape index (κ2) is 22.0. The van der Waals surface area contributed by atoms with Gasteiger partial charge in [0.1, 0.15) is 5.82 Å². The molecule has 3 aromatic carbocycles. The third-order valence-corrected chi connectivity index (χ3v) is 6.49. The Balaban J connectivity index is 0.000000360. The molecule has 0 saturated heterocycles. The van der Waals surface area contributed by atoms with Crippen LogP contribution >= 0.6 is 0 Å². The van der Waals surface area contributed by atoms with E-state index in [0.717, 1.165) is 44.9 Å². The molecular weight excluding hydrogens is 576 g/mol. The Labute approximate surface area is 275 Å². The van der Waals surface area contributed by atoms with Gasteiger partial charge >= 0.3 is 14.2 Å². The minimum atomic E-state index is -0.783. The maximum Gasteiger partial charge on any atom is 0.491 e. The first-order valence-electron chi connectivity index (χ1n) is 15.2. The van der Waals surface area contributed by atoms with E-state index in [0.29, 0.717) is 13.2 Å². The molecule has 9 nitrogen and oxygen atoms in total. The van der Waals surface area contributed by atoms with E-state index in [1.165, 1.54) is 13.8 Å². The Morgan fingerprint density at radius 2 is 1.09 bits per heavy atom. The van der Waals surface area contributed by atoms with Crippen molar-refractivity contribution in [2.75, 3.05) is 23.9 Å². The molecule has 4 aromatic rings. The summed E-state index contributed by atoms with van der Waals surface area (Å²) < 4.78 is 10.4. The first-order chi connectivity index (χ1) is 22.3. The first-order valence-corrected chi connectivity index (χ1v) is 15.2. The minimum Gasteiger partial charge on any atom is -0.423 e. The van der Waals surface area contributed by atoms with Crippen molar-refractivity contribution in [3.05, 3.63) is 102 Å². The molecule has 2 N–H and O–H groups in total. The van der Waals surface area contributed by atoms with Crippen LogP contribution in [0.1, 0.15) is 52.7 Å². The van der Waals surface area contributed by atoms with Crippen LogP contribution in [-0.4, -0.2) is 43.4 Å². The molecule has 0 atom stereocenters. The Morgan fingerprint density at radius 3 is 1.52 bits per heavy atom. The van der Waals surface area contributed by atoms with Gasteiger partial charge in [-0.25, -0.2) is 4.98 Å². The predicted octanol–water partition coefficient (Wildman–Crippen LogP) is 5.85. The van der Waals surface area contributed by atoms with Crippen LogP contribution in [0.25, 0.3) is 0 Å². The maximum absolute atomic E-state index is 9.59. The van der Waals surface area contributed by atoms with Gasteiger partial charge in [0, 0.05) is 51.2 Å². The van der Waals surface area contributed by atoms with Crippen molar-refractivity contribution < 1.29 is 19.4 Å². The molecule has 2 aliphatic heterocycles. The van der Waals surface area contributed by atoms with E-state index in [9.17, 15) is 10.0 Å². The SMILES string of the molecule is CC.CC.CC#N.CC#N.CN(c1ccc2c(c1)COB2O)c1ccccn1.CN(c1ccccc1)c1ccc2c(c1)COB2O. The van der Waals surface area contributed by atoms with E-state index in [-0.39, 0.29) is 0 Å². The summed E-state index contributed by atoms with van der Waals surface area (Å²) in [5.41, 5.74) is 7.08. The van der Waals surface area contributed by atoms with Crippen LogP contribution in [0.3, 0.4) is 0 Å². The highest BCUT2D eigenvalue weighted by Crippen LogP contribution is 2.25. The summed E-state index contributed by atoms with van der Waals surface area (Å²) in [5, 5.41) is 33.8. The number of anilines is 4. The molecule has 240 valence electrons. The Kier molecular flexibility index (Phi) is 18.8. The molecule has 0 spiro atoms. The highest BCUT2D eigenvalue weighted by molar-refractivity contribution is 6.62. The fraction of sp³-hybridized carbons (Fsp3) is 0.286. The summed E-state index contributed by atoms with van der Waals surface area (Å²) in [6, 6.07) is 31.4. The zero-order valence-corrected chi connectivity index (χ0v) is 28.2. The number of hydrogen-bond donors (Lipinski definition) is 2. The summed E-state index contributed by atoms with van der Waals surface area (Å²) in [4.78, 5) is 8.43. The lowest BCUT2D eigenvalue weighted by atomic mass is 9.79. The van der Waals surface area contributed by atoms with Crippen molar-refractivity contribution in [3.8, 4) is 12.1 Å². The molecule has 0 saturated carbocycles. The fourth-order valence-corrected chi connectivity index (χ4v) is 4.34. The van der Waals surface area contributed by atoms with Crippen molar-refractivity contribution >= 4 is 48.0 Å². The van der Waals surface area contributed by atoms with Gasteiger partial charge in [-0.05, 0) is 70.6 Å². The molecule has 3 heterocycles. The number of aromatic nitrogens is 1. The van der Waals surface area contributed by atoms with Gasteiger partial charge in [-0.15, -0.1) is 0 Å². The van der Waals surface area contributed by atoms with E-state index in [1.54, 1.807) is 18.3 Å². The molecular formula is C35H45B2N5O4. The van der Waals surface area contributed by atoms with Gasteiger partial charge in [-0.1, -0.05) is 64.1 Å². The van der Waals surface area contributed by atoms with Crippen LogP contribution in [0.2, 0.25) is 0 Å². The molecule has 0 amide bonds. The number of fused-ring (bicyclic) bond motifs is 2. The summed E-state index contributed by atoms with van der Waals surface area (Å²) in [6.45, 7) is 11.8. The number of nitriles is 2. The number of para-hydroxylation sites is 1. The average Bonchev–Trinajstić information content (AvgIpc) is 3.68. The van der Waals surface area contributed by atoms with Crippen molar-refractivity contribution in [3.63, 3.8) is 0 Å². The largest absolute Gasteiger partial charge is 0.491 e. The topological polar surface area (TPSA) is 126 Å². The predicted molar refractivity (Wildman–Crippen MR) is 190 cm³/mol. The highest BCUT2D eigenvalue weighted by Gasteiger charge is 2.28. The maximum atomic E-state index is 9.59. The molecule has 0 fully saturated rings. The summed E-state index contributed by atoms with van der Waals surface area (Å²) >= 11 is 0. The van der Waals surface area contributed by atoms with Gasteiger partial charge < -0.3 is 29.2 Å². The number of pyridine rings is 1. The van der Waals surface area contributed by atoms with E-state index in [2.05, 4.69) is 28.1 Å². The minimum absolute atomic E-state index is 0.459. The van der Waals surface area contributed by atoms with E-state index in [1.807, 2.05) is 113 Å². The zero-order chi connectivity index (χ0) is 34.5. The van der Waals surface area contributed by atoms with Gasteiger partial charge in [0.2, 0.25) is 0 Å². The summed E-state index contributed by atoms with van der Waals surface area (Å²) in [7, 11) is 2.45. The molecule has 0 aliphatic carbocycles. The summed E-state index contributed by atoms with van der Waals surface area (Å²) in [5.74, 6) is 0.886. The highest BCUT2D eigenvalue weighted by atomic mass is 16.5. The van der Waals surface area contributed by atoms with Crippen LogP contribution < -0.4 is 20.7 Å². The van der Waals surface area contributed by atoms with Gasteiger partial charge in [0.05, 0.1) is 25.4 Å². The zero-order valence-electron chi connectivity index (χ0n) is 28.2. The molecule has 1 aromatic heterocycles. The van der Waals surface area contributed by atoms with Gasteiger partial charge in [0.15, 0.2) is 0 Å². The average molecular weight is 621 g/mol. The Morgan fingerprint density at radius 1 is 0.652 bits per heavy atom. The second-order valence-corrected chi connectivity index (χ2v) is 9.18. The molecule has 11 heteroatoms. The normalized spacial score (nSPS) is 11.2. The standard InChI is InChI=1S/C14H14BNO2.C13H13BN2O2.2C2H3N.2C2H6/c1-16(12-5-3-2-4-6-12)13-7-8-14-11(9-13)10-18-15(14)17;1-16(13-4-2-3-7-15-13)11-5-6-12-10(8-11)9-18-14(12)17;2*1-2-3;2*1-2/h2-9,17H,10H2,1H3;2-8,17H,9H2,1H3;2*1H3;2*1-2H3. The fourth-order valence-electron chi connectivity index (χ4n) is 4.34. The van der Waals surface area contributed by atoms with Gasteiger partial charge in [0.25, 0.3) is 0 Å². The molecule has 0 bridgehead atoms. The van der Waals surface area contributed by atoms with E-state index < -0.39 is 14.2 Å². The van der Waals surface area contributed by atoms with E-state index >= 15 is 0 Å². The Hall–Kier alpha value is -4.64. The molecule has 2 aliphatic rings. The van der Waals surface area contributed by atoms with Crippen molar-refractivity contribution in [2.45, 2.75) is 54.8 Å². The number of rotatable bonds is 4. The second-order valence-electron chi connectivity index (χ2n) is 9.18. The third-order valence-electron chi connectivity index (χ3n) is 6.49. The lowest BCUT2D eigenvalue weighted by Crippen LogP contribution is -2.28. The van der Waals surface area contributed by atoms with Crippen molar-refractivity contribution in [1.29, 1.82) is 10.5 Å². The first kappa shape index (κ1) is 39.4. The van der Waals surface area contributed by atoms with Crippen LogP contribution in [-0.2, 0) is 22.5 Å². The number of nitrogens with zero attached hydrogens (tertiary/aromatic N) is 5. The van der Waals surface area contributed by atoms with Crippen LogP contribution in [0.5, 0.6) is 0 Å².